The van der Waals surface area contributed by atoms with Crippen molar-refractivity contribution in [1.82, 2.24) is 10.6 Å². The highest BCUT2D eigenvalue weighted by molar-refractivity contribution is 8.00. The van der Waals surface area contributed by atoms with E-state index in [1.165, 1.54) is 11.8 Å². The van der Waals surface area contributed by atoms with Crippen LogP contribution >= 0.6 is 24.2 Å². The summed E-state index contributed by atoms with van der Waals surface area (Å²) in [4.78, 5) is 23.4. The van der Waals surface area contributed by atoms with Crippen LogP contribution in [-0.4, -0.2) is 42.3 Å². The standard InChI is InChI=1S/C15H22N2O2S.ClH/c1-3-16-12(2)9-17-15(19)11-20-10-14(18)13-7-5-4-6-8-13;/h4-8,12,16H,3,9-11H2,1-2H3,(H,17,19);1H/t12-;/m1./s1. The lowest BCUT2D eigenvalue weighted by atomic mass is 10.2. The monoisotopic (exact) mass is 330 g/mol. The zero-order valence-corrected chi connectivity index (χ0v) is 14.1. The first-order chi connectivity index (χ1) is 9.63. The summed E-state index contributed by atoms with van der Waals surface area (Å²) < 4.78 is 0. The van der Waals surface area contributed by atoms with E-state index in [0.29, 0.717) is 23.6 Å². The normalized spacial score (nSPS) is 11.3. The fourth-order valence-electron chi connectivity index (χ4n) is 1.68. The molecule has 0 saturated heterocycles. The average Bonchev–Trinajstić information content (AvgIpc) is 2.46. The summed E-state index contributed by atoms with van der Waals surface area (Å²) >= 11 is 1.35. The molecule has 0 fully saturated rings. The quantitative estimate of drug-likeness (QED) is 0.681. The van der Waals surface area contributed by atoms with E-state index >= 15 is 0 Å². The first kappa shape index (κ1) is 20.0. The number of carbonyl (C=O) groups is 2. The SMILES string of the molecule is CCN[C@H](C)CNC(=O)CSCC(=O)c1ccccc1.Cl. The summed E-state index contributed by atoms with van der Waals surface area (Å²) in [6, 6.07) is 9.41. The molecule has 1 atom stereocenters. The molecule has 0 aliphatic carbocycles. The van der Waals surface area contributed by atoms with Crippen LogP contribution in [0.4, 0.5) is 0 Å². The maximum atomic E-state index is 11.8. The summed E-state index contributed by atoms with van der Waals surface area (Å²) in [6.45, 7) is 5.55. The lowest BCUT2D eigenvalue weighted by Gasteiger charge is -2.12. The van der Waals surface area contributed by atoms with E-state index in [1.807, 2.05) is 32.0 Å². The van der Waals surface area contributed by atoms with Crippen LogP contribution in [0.25, 0.3) is 0 Å². The third-order valence-electron chi connectivity index (χ3n) is 2.72. The molecule has 0 aliphatic heterocycles. The minimum Gasteiger partial charge on any atom is -0.354 e. The number of nitrogens with one attached hydrogen (secondary N) is 2. The Kier molecular flexibility index (Phi) is 11.0. The Balaban J connectivity index is 0.00000400. The van der Waals surface area contributed by atoms with Gasteiger partial charge in [0.15, 0.2) is 5.78 Å². The van der Waals surface area contributed by atoms with E-state index in [1.54, 1.807) is 12.1 Å². The fourth-order valence-corrected chi connectivity index (χ4v) is 2.42. The first-order valence-electron chi connectivity index (χ1n) is 6.79. The molecular weight excluding hydrogens is 308 g/mol. The minimum atomic E-state index is -0.0272. The van der Waals surface area contributed by atoms with E-state index in [0.717, 1.165) is 6.54 Å². The van der Waals surface area contributed by atoms with Crippen molar-refractivity contribution in [3.05, 3.63) is 35.9 Å². The second-order valence-corrected chi connectivity index (χ2v) is 5.53. The number of thioether (sulfide) groups is 1. The minimum absolute atomic E-state index is 0. The average molecular weight is 331 g/mol. The number of hydrogen-bond acceptors (Lipinski definition) is 4. The molecule has 4 nitrogen and oxygen atoms in total. The molecule has 118 valence electrons. The van der Waals surface area contributed by atoms with Crippen molar-refractivity contribution in [3.8, 4) is 0 Å². The second-order valence-electron chi connectivity index (χ2n) is 4.54. The smallest absolute Gasteiger partial charge is 0.230 e. The van der Waals surface area contributed by atoms with Gasteiger partial charge in [0, 0.05) is 18.2 Å². The van der Waals surface area contributed by atoms with E-state index in [9.17, 15) is 9.59 Å². The summed E-state index contributed by atoms with van der Waals surface area (Å²) in [5.74, 6) is 0.683. The van der Waals surface area contributed by atoms with Gasteiger partial charge in [0.2, 0.25) is 5.91 Å². The Labute approximate surface area is 136 Å². The van der Waals surface area contributed by atoms with Crippen LogP contribution in [0.5, 0.6) is 0 Å². The number of benzene rings is 1. The topological polar surface area (TPSA) is 58.2 Å². The molecule has 1 aromatic carbocycles. The van der Waals surface area contributed by atoms with Crippen LogP contribution in [0.15, 0.2) is 30.3 Å². The number of halogens is 1. The molecule has 0 aliphatic rings. The predicted molar refractivity (Wildman–Crippen MR) is 91.5 cm³/mol. The maximum Gasteiger partial charge on any atom is 0.230 e. The number of ketones is 1. The molecule has 2 N–H and O–H groups in total. The summed E-state index contributed by atoms with van der Waals surface area (Å²) in [5.41, 5.74) is 0.696. The van der Waals surface area contributed by atoms with E-state index in [2.05, 4.69) is 10.6 Å². The molecule has 1 aromatic rings. The van der Waals surface area contributed by atoms with E-state index in [4.69, 9.17) is 0 Å². The molecule has 21 heavy (non-hydrogen) atoms. The van der Waals surface area contributed by atoms with Crippen molar-refractivity contribution in [3.63, 3.8) is 0 Å². The summed E-state index contributed by atoms with van der Waals surface area (Å²) in [5, 5.41) is 6.07. The van der Waals surface area contributed by atoms with Crippen molar-refractivity contribution in [1.29, 1.82) is 0 Å². The molecule has 0 bridgehead atoms. The molecule has 6 heteroatoms. The van der Waals surface area contributed by atoms with Gasteiger partial charge < -0.3 is 10.6 Å². The number of amides is 1. The van der Waals surface area contributed by atoms with Crippen molar-refractivity contribution in [2.75, 3.05) is 24.6 Å². The number of hydrogen-bond donors (Lipinski definition) is 2. The van der Waals surface area contributed by atoms with Crippen LogP contribution in [-0.2, 0) is 4.79 Å². The molecule has 0 heterocycles. The van der Waals surface area contributed by atoms with Gasteiger partial charge in [0.1, 0.15) is 0 Å². The third kappa shape index (κ3) is 8.75. The van der Waals surface area contributed by atoms with E-state index < -0.39 is 0 Å². The van der Waals surface area contributed by atoms with Crippen LogP contribution in [0.3, 0.4) is 0 Å². The summed E-state index contributed by atoms with van der Waals surface area (Å²) in [7, 11) is 0. The Bertz CT molecular complexity index is 429. The van der Waals surface area contributed by atoms with Gasteiger partial charge in [-0.05, 0) is 13.5 Å². The van der Waals surface area contributed by atoms with Gasteiger partial charge in [-0.2, -0.15) is 0 Å². The first-order valence-corrected chi connectivity index (χ1v) is 7.95. The maximum absolute atomic E-state index is 11.8. The Hall–Kier alpha value is -1.04. The molecule has 0 spiro atoms. The van der Waals surface area contributed by atoms with Crippen LogP contribution < -0.4 is 10.6 Å². The number of Topliss-reactive ketones (excluding diaryl/α,β-unsaturated/α-hetero) is 1. The number of rotatable bonds is 9. The lowest BCUT2D eigenvalue weighted by molar-refractivity contribution is -0.118. The van der Waals surface area contributed by atoms with Crippen molar-refractivity contribution >= 4 is 35.9 Å². The van der Waals surface area contributed by atoms with Crippen molar-refractivity contribution in [2.45, 2.75) is 19.9 Å². The van der Waals surface area contributed by atoms with Crippen LogP contribution in [0, 0.1) is 0 Å². The van der Waals surface area contributed by atoms with Gasteiger partial charge in [-0.1, -0.05) is 37.3 Å². The van der Waals surface area contributed by atoms with Gasteiger partial charge in [-0.3, -0.25) is 9.59 Å². The van der Waals surface area contributed by atoms with Gasteiger partial charge >= 0.3 is 0 Å². The predicted octanol–water partition coefficient (Wildman–Crippen LogP) is 2.14. The Morgan fingerprint density at radius 3 is 2.48 bits per heavy atom. The highest BCUT2D eigenvalue weighted by Crippen LogP contribution is 2.06. The van der Waals surface area contributed by atoms with Gasteiger partial charge in [0.05, 0.1) is 11.5 Å². The summed E-state index contributed by atoms with van der Waals surface area (Å²) in [6.07, 6.45) is 0. The molecule has 0 radical (unpaired) electrons. The zero-order chi connectivity index (χ0) is 14.8. The van der Waals surface area contributed by atoms with Gasteiger partial charge in [-0.15, -0.1) is 24.2 Å². The highest BCUT2D eigenvalue weighted by atomic mass is 35.5. The van der Waals surface area contributed by atoms with Crippen LogP contribution in [0.1, 0.15) is 24.2 Å². The van der Waals surface area contributed by atoms with Gasteiger partial charge in [-0.25, -0.2) is 0 Å². The lowest BCUT2D eigenvalue weighted by Crippen LogP contribution is -2.39. The number of carbonyl (C=O) groups excluding carboxylic acids is 2. The Morgan fingerprint density at radius 1 is 1.19 bits per heavy atom. The highest BCUT2D eigenvalue weighted by Gasteiger charge is 2.08. The molecule has 0 aromatic heterocycles. The Morgan fingerprint density at radius 2 is 1.86 bits per heavy atom. The van der Waals surface area contributed by atoms with E-state index in [-0.39, 0.29) is 30.1 Å². The molecule has 0 unspecified atom stereocenters. The fraction of sp³-hybridized carbons (Fsp3) is 0.467. The third-order valence-corrected chi connectivity index (χ3v) is 3.65. The zero-order valence-electron chi connectivity index (χ0n) is 12.4. The van der Waals surface area contributed by atoms with Crippen LogP contribution in [0.2, 0.25) is 0 Å². The second kappa shape index (κ2) is 11.6. The molecular formula is C15H23ClN2O2S. The van der Waals surface area contributed by atoms with Crippen molar-refractivity contribution in [2.24, 2.45) is 0 Å². The molecule has 1 amide bonds. The largest absolute Gasteiger partial charge is 0.354 e. The number of likely N-dealkylation sites (N-methyl/N-ethyl adjacent to an activating group) is 1. The van der Waals surface area contributed by atoms with Crippen molar-refractivity contribution < 1.29 is 9.59 Å². The molecule has 0 saturated carbocycles. The molecule has 1 rings (SSSR count). The van der Waals surface area contributed by atoms with Gasteiger partial charge in [0.25, 0.3) is 0 Å².